The van der Waals surface area contributed by atoms with Gasteiger partial charge in [0.1, 0.15) is 0 Å². The molecule has 0 amide bonds. The molecule has 0 nitrogen and oxygen atoms in total. The van der Waals surface area contributed by atoms with Crippen LogP contribution in [0.15, 0.2) is 133 Å². The molecule has 0 aliphatic rings. The summed E-state index contributed by atoms with van der Waals surface area (Å²) >= 11 is 0. The van der Waals surface area contributed by atoms with E-state index in [1.165, 1.54) is 109 Å². The van der Waals surface area contributed by atoms with E-state index in [0.717, 1.165) is 0 Å². The van der Waals surface area contributed by atoms with Crippen molar-refractivity contribution in [2.24, 2.45) is 0 Å². The molecule has 0 unspecified atom stereocenters. The molecule has 10 aromatic carbocycles. The summed E-state index contributed by atoms with van der Waals surface area (Å²) in [5.41, 5.74) is 8.01. The van der Waals surface area contributed by atoms with E-state index < -0.39 is 0 Å². The minimum atomic E-state index is 0.422. The summed E-state index contributed by atoms with van der Waals surface area (Å²) in [5, 5.41) is 18.8. The Bertz CT molecular complexity index is 2870. The lowest BCUT2D eigenvalue weighted by Crippen LogP contribution is -1.97. The highest BCUT2D eigenvalue weighted by Crippen LogP contribution is 2.45. The zero-order valence-corrected chi connectivity index (χ0v) is 27.9. The summed E-state index contributed by atoms with van der Waals surface area (Å²) in [4.78, 5) is 0. The number of benzene rings is 10. The third-order valence-corrected chi connectivity index (χ3v) is 11.1. The second kappa shape index (κ2) is 10.0. The lowest BCUT2D eigenvalue weighted by molar-refractivity contribution is 0.876. The Morgan fingerprint density at radius 1 is 0.312 bits per heavy atom. The van der Waals surface area contributed by atoms with Gasteiger partial charge in [0.15, 0.2) is 0 Å². The SMILES string of the molecule is CC(C)c1ccc2ccc3c(C(C)C)cc(-c4ccc5cc(-c6ccc7ccc8cccc9ccc6c7c89)ccc5c4)c4ccc1c2c43. The summed E-state index contributed by atoms with van der Waals surface area (Å²) in [5.74, 6) is 0.900. The molecule has 48 heavy (non-hydrogen) atoms. The maximum Gasteiger partial charge on any atom is -0.00176 e. The second-order valence-corrected chi connectivity index (χ2v) is 14.5. The van der Waals surface area contributed by atoms with Crippen molar-refractivity contribution in [1.29, 1.82) is 0 Å². The lowest BCUT2D eigenvalue weighted by Gasteiger charge is -2.21. The third-order valence-electron chi connectivity index (χ3n) is 11.1. The zero-order valence-electron chi connectivity index (χ0n) is 27.9. The normalized spacial score (nSPS) is 12.5. The first-order valence-corrected chi connectivity index (χ1v) is 17.4. The van der Waals surface area contributed by atoms with E-state index >= 15 is 0 Å². The van der Waals surface area contributed by atoms with Crippen molar-refractivity contribution in [2.75, 3.05) is 0 Å². The van der Waals surface area contributed by atoms with Crippen LogP contribution >= 0.6 is 0 Å². The fraction of sp³-hybridized carbons (Fsp3) is 0.125. The third kappa shape index (κ3) is 3.84. The first-order chi connectivity index (χ1) is 23.4. The fourth-order valence-corrected chi connectivity index (χ4v) is 8.73. The molecule has 0 heteroatoms. The van der Waals surface area contributed by atoms with E-state index in [2.05, 4.69) is 161 Å². The van der Waals surface area contributed by atoms with Crippen molar-refractivity contribution < 1.29 is 0 Å². The predicted octanol–water partition coefficient (Wildman–Crippen LogP) is 14.2. The van der Waals surface area contributed by atoms with E-state index in [1.54, 1.807) is 0 Å². The standard InChI is InChI=1S/C48H36/c1-27(2)37-18-14-32-17-21-41-43(28(3)4)26-44(42-23-22-39(37)47(32)48(41)42)36-13-11-33-24-35(12-10-34(33)25-36)38-19-15-31-9-8-29-6-5-7-30-16-20-40(38)46(31)45(29)30/h5-28H,1-4H3. The molecule has 0 aliphatic heterocycles. The van der Waals surface area contributed by atoms with Gasteiger partial charge >= 0.3 is 0 Å². The number of fused-ring (bicyclic) bond motifs is 1. The van der Waals surface area contributed by atoms with Crippen LogP contribution in [0.5, 0.6) is 0 Å². The Morgan fingerprint density at radius 2 is 0.771 bits per heavy atom. The van der Waals surface area contributed by atoms with Gasteiger partial charge in [0, 0.05) is 0 Å². The van der Waals surface area contributed by atoms with Crippen LogP contribution in [0.25, 0.3) is 97.7 Å². The maximum atomic E-state index is 2.47. The highest BCUT2D eigenvalue weighted by atomic mass is 14.2. The van der Waals surface area contributed by atoms with Crippen LogP contribution in [-0.4, -0.2) is 0 Å². The minimum absolute atomic E-state index is 0.422. The van der Waals surface area contributed by atoms with Gasteiger partial charge in [-0.2, -0.15) is 0 Å². The average molecular weight is 613 g/mol. The van der Waals surface area contributed by atoms with Crippen molar-refractivity contribution in [3.05, 3.63) is 145 Å². The Morgan fingerprint density at radius 3 is 1.46 bits per heavy atom. The molecule has 0 bridgehead atoms. The van der Waals surface area contributed by atoms with Gasteiger partial charge in [0.05, 0.1) is 0 Å². The number of hydrogen-bond acceptors (Lipinski definition) is 0. The molecule has 0 spiro atoms. The quantitative estimate of drug-likeness (QED) is 0.173. The molecule has 0 saturated heterocycles. The molecular weight excluding hydrogens is 577 g/mol. The molecule has 228 valence electrons. The van der Waals surface area contributed by atoms with E-state index in [1.807, 2.05) is 0 Å². The lowest BCUT2D eigenvalue weighted by atomic mass is 9.82. The summed E-state index contributed by atoms with van der Waals surface area (Å²) in [6, 6.07) is 51.0. The molecule has 0 fully saturated rings. The molecule has 0 N–H and O–H groups in total. The molecule has 0 radical (unpaired) electrons. The number of rotatable bonds is 4. The smallest absolute Gasteiger partial charge is 0.00176 e. The second-order valence-electron chi connectivity index (χ2n) is 14.5. The summed E-state index contributed by atoms with van der Waals surface area (Å²) < 4.78 is 0. The Kier molecular flexibility index (Phi) is 5.77. The summed E-state index contributed by atoms with van der Waals surface area (Å²) in [6.07, 6.45) is 0. The van der Waals surface area contributed by atoms with Gasteiger partial charge in [-0.25, -0.2) is 0 Å². The van der Waals surface area contributed by atoms with Gasteiger partial charge < -0.3 is 0 Å². The van der Waals surface area contributed by atoms with Crippen LogP contribution in [0.4, 0.5) is 0 Å². The average Bonchev–Trinajstić information content (AvgIpc) is 3.11. The first-order valence-electron chi connectivity index (χ1n) is 17.4. The van der Waals surface area contributed by atoms with Crippen molar-refractivity contribution in [1.82, 2.24) is 0 Å². The Labute approximate surface area is 280 Å². The van der Waals surface area contributed by atoms with Crippen LogP contribution in [0.3, 0.4) is 0 Å². The van der Waals surface area contributed by atoms with Crippen LogP contribution < -0.4 is 0 Å². The van der Waals surface area contributed by atoms with Crippen LogP contribution in [-0.2, 0) is 0 Å². The minimum Gasteiger partial charge on any atom is -0.0610 e. The predicted molar refractivity (Wildman–Crippen MR) is 210 cm³/mol. The monoisotopic (exact) mass is 612 g/mol. The van der Waals surface area contributed by atoms with E-state index in [4.69, 9.17) is 0 Å². The Hall–Kier alpha value is -5.46. The summed E-state index contributed by atoms with van der Waals surface area (Å²) in [7, 11) is 0. The zero-order chi connectivity index (χ0) is 32.3. The van der Waals surface area contributed by atoms with Crippen LogP contribution in [0.2, 0.25) is 0 Å². The van der Waals surface area contributed by atoms with Crippen LogP contribution in [0, 0.1) is 0 Å². The molecule has 10 rings (SSSR count). The largest absolute Gasteiger partial charge is 0.0610 e. The first kappa shape index (κ1) is 27.6. The van der Waals surface area contributed by atoms with E-state index in [0.29, 0.717) is 11.8 Å². The van der Waals surface area contributed by atoms with Crippen molar-refractivity contribution in [2.45, 2.75) is 39.5 Å². The van der Waals surface area contributed by atoms with E-state index in [9.17, 15) is 0 Å². The molecule has 0 aromatic heterocycles. The molecule has 0 atom stereocenters. The molecule has 0 aliphatic carbocycles. The van der Waals surface area contributed by atoms with Gasteiger partial charge in [-0.05, 0) is 139 Å². The van der Waals surface area contributed by atoms with E-state index in [-0.39, 0.29) is 0 Å². The van der Waals surface area contributed by atoms with Gasteiger partial charge in [0.2, 0.25) is 0 Å². The number of hydrogen-bond donors (Lipinski definition) is 0. The van der Waals surface area contributed by atoms with Crippen molar-refractivity contribution in [3.8, 4) is 22.3 Å². The van der Waals surface area contributed by atoms with Gasteiger partial charge in [-0.1, -0.05) is 143 Å². The maximum absolute atomic E-state index is 2.47. The Balaban J connectivity index is 1.16. The van der Waals surface area contributed by atoms with Gasteiger partial charge in [-0.15, -0.1) is 0 Å². The highest BCUT2D eigenvalue weighted by Gasteiger charge is 2.19. The molecule has 0 saturated carbocycles. The van der Waals surface area contributed by atoms with Crippen molar-refractivity contribution in [3.63, 3.8) is 0 Å². The molecular formula is C48H36. The fourth-order valence-electron chi connectivity index (χ4n) is 8.73. The molecule has 10 aromatic rings. The van der Waals surface area contributed by atoms with Crippen LogP contribution in [0.1, 0.15) is 50.7 Å². The summed E-state index contributed by atoms with van der Waals surface area (Å²) in [6.45, 7) is 9.27. The highest BCUT2D eigenvalue weighted by molar-refractivity contribution is 6.27. The van der Waals surface area contributed by atoms with Crippen molar-refractivity contribution >= 4 is 75.4 Å². The topological polar surface area (TPSA) is 0 Å². The molecule has 0 heterocycles. The van der Waals surface area contributed by atoms with Gasteiger partial charge in [-0.3, -0.25) is 0 Å². The van der Waals surface area contributed by atoms with Gasteiger partial charge in [0.25, 0.3) is 0 Å².